The molecule has 2 aromatic carbocycles. The molecule has 0 aliphatic heterocycles. The van der Waals surface area contributed by atoms with Gasteiger partial charge in [-0.25, -0.2) is 4.98 Å². The summed E-state index contributed by atoms with van der Waals surface area (Å²) in [5.74, 6) is 0.462. The van der Waals surface area contributed by atoms with E-state index in [0.717, 1.165) is 18.5 Å². The number of para-hydroxylation sites is 1. The third-order valence-electron chi connectivity index (χ3n) is 4.37. The molecule has 28 heavy (non-hydrogen) atoms. The van der Waals surface area contributed by atoms with Gasteiger partial charge in [-0.1, -0.05) is 24.3 Å². The van der Waals surface area contributed by atoms with Gasteiger partial charge in [-0.2, -0.15) is 0 Å². The minimum Gasteiger partial charge on any atom is -0.486 e. The van der Waals surface area contributed by atoms with Crippen LogP contribution in [0.3, 0.4) is 0 Å². The molecule has 3 rings (SSSR count). The molecule has 0 radical (unpaired) electrons. The second-order valence-corrected chi connectivity index (χ2v) is 7.40. The maximum Gasteiger partial charge on any atom is 0.255 e. The third-order valence-corrected chi connectivity index (χ3v) is 5.01. The number of nitrogens with one attached hydrogen (secondary N) is 1. The molecular formula is C22H25N3O2S. The summed E-state index contributed by atoms with van der Waals surface area (Å²) < 4.78 is 5.79. The van der Waals surface area contributed by atoms with Crippen molar-refractivity contribution in [2.75, 3.05) is 25.5 Å². The van der Waals surface area contributed by atoms with Crippen LogP contribution in [0.25, 0.3) is 0 Å². The Kier molecular flexibility index (Phi) is 7.03. The van der Waals surface area contributed by atoms with Gasteiger partial charge in [0.25, 0.3) is 5.91 Å². The molecule has 6 heteroatoms. The lowest BCUT2D eigenvalue weighted by molar-refractivity contribution is 0.0948. The van der Waals surface area contributed by atoms with Crippen LogP contribution in [0.4, 0.5) is 5.69 Å². The first kappa shape index (κ1) is 19.9. The van der Waals surface area contributed by atoms with Gasteiger partial charge in [-0.05, 0) is 42.7 Å². The maximum absolute atomic E-state index is 12.5. The predicted octanol–water partition coefficient (Wildman–Crippen LogP) is 4.15. The van der Waals surface area contributed by atoms with Gasteiger partial charge in [0, 0.05) is 31.7 Å². The third kappa shape index (κ3) is 5.57. The van der Waals surface area contributed by atoms with E-state index >= 15 is 0 Å². The van der Waals surface area contributed by atoms with Crippen molar-refractivity contribution in [3.05, 3.63) is 76.2 Å². The zero-order valence-corrected chi connectivity index (χ0v) is 17.0. The van der Waals surface area contributed by atoms with Crippen molar-refractivity contribution in [1.29, 1.82) is 0 Å². The van der Waals surface area contributed by atoms with Crippen LogP contribution in [-0.4, -0.2) is 31.5 Å². The van der Waals surface area contributed by atoms with Gasteiger partial charge in [0.1, 0.15) is 12.4 Å². The molecule has 1 amide bonds. The highest BCUT2D eigenvalue weighted by Gasteiger charge is 2.12. The van der Waals surface area contributed by atoms with E-state index in [-0.39, 0.29) is 5.91 Å². The summed E-state index contributed by atoms with van der Waals surface area (Å²) in [6, 6.07) is 15.8. The first-order valence-corrected chi connectivity index (χ1v) is 10.2. The molecule has 0 spiro atoms. The van der Waals surface area contributed by atoms with Gasteiger partial charge >= 0.3 is 0 Å². The van der Waals surface area contributed by atoms with Crippen molar-refractivity contribution in [3.8, 4) is 5.75 Å². The number of nitrogens with zero attached hydrogens (tertiary/aromatic N) is 2. The standard InChI is InChI=1S/C22H25N3O2S/c1-25(2)19-11-9-17(10-12-19)6-5-13-23-22(26)20-7-3-4-8-21(20)27-14-18-15-28-16-24-18/h3-4,7-12,15-16H,5-6,13-14H2,1-2H3,(H,23,26). The van der Waals surface area contributed by atoms with Crippen LogP contribution in [0, 0.1) is 0 Å². The van der Waals surface area contributed by atoms with E-state index in [1.807, 2.05) is 37.7 Å². The second kappa shape index (κ2) is 9.90. The number of aryl methyl sites for hydroxylation is 1. The molecule has 0 fully saturated rings. The maximum atomic E-state index is 12.5. The molecule has 0 saturated carbocycles. The minimum atomic E-state index is -0.114. The normalized spacial score (nSPS) is 10.5. The van der Waals surface area contributed by atoms with Gasteiger partial charge in [-0.15, -0.1) is 11.3 Å². The van der Waals surface area contributed by atoms with E-state index in [9.17, 15) is 4.79 Å². The Morgan fingerprint density at radius 2 is 1.93 bits per heavy atom. The van der Waals surface area contributed by atoms with Gasteiger partial charge in [0.2, 0.25) is 0 Å². The van der Waals surface area contributed by atoms with E-state index in [1.165, 1.54) is 22.6 Å². The molecule has 1 heterocycles. The van der Waals surface area contributed by atoms with Crippen molar-refractivity contribution >= 4 is 22.9 Å². The average Bonchev–Trinajstić information content (AvgIpc) is 3.24. The van der Waals surface area contributed by atoms with Gasteiger partial charge in [-0.3, -0.25) is 4.79 Å². The van der Waals surface area contributed by atoms with E-state index in [0.29, 0.717) is 24.5 Å². The molecule has 0 unspecified atom stereocenters. The molecule has 0 aliphatic rings. The van der Waals surface area contributed by atoms with Crippen LogP contribution in [-0.2, 0) is 13.0 Å². The fourth-order valence-electron chi connectivity index (χ4n) is 2.79. The van der Waals surface area contributed by atoms with Crippen molar-refractivity contribution in [3.63, 3.8) is 0 Å². The summed E-state index contributed by atoms with van der Waals surface area (Å²) in [7, 11) is 4.06. The second-order valence-electron chi connectivity index (χ2n) is 6.68. The number of thiazole rings is 1. The molecule has 146 valence electrons. The van der Waals surface area contributed by atoms with Gasteiger partial charge < -0.3 is 15.0 Å². The lowest BCUT2D eigenvalue weighted by Gasteiger charge is -2.13. The predicted molar refractivity (Wildman–Crippen MR) is 114 cm³/mol. The van der Waals surface area contributed by atoms with E-state index in [4.69, 9.17) is 4.74 Å². The molecule has 1 aromatic heterocycles. The summed E-state index contributed by atoms with van der Waals surface area (Å²) in [6.07, 6.45) is 1.81. The Labute approximate surface area is 170 Å². The summed E-state index contributed by atoms with van der Waals surface area (Å²) in [5.41, 5.74) is 5.64. The number of hydrogen-bond acceptors (Lipinski definition) is 5. The number of ether oxygens (including phenoxy) is 1. The fourth-order valence-corrected chi connectivity index (χ4v) is 3.33. The zero-order valence-electron chi connectivity index (χ0n) is 16.2. The summed E-state index contributed by atoms with van der Waals surface area (Å²) in [5, 5.41) is 4.93. The van der Waals surface area contributed by atoms with Crippen LogP contribution in [0.5, 0.6) is 5.75 Å². The Morgan fingerprint density at radius 3 is 2.64 bits per heavy atom. The summed E-state index contributed by atoms with van der Waals surface area (Å²) in [6.45, 7) is 0.978. The van der Waals surface area contributed by atoms with Gasteiger partial charge in [0.15, 0.2) is 0 Å². The zero-order chi connectivity index (χ0) is 19.8. The molecule has 1 N–H and O–H groups in total. The van der Waals surface area contributed by atoms with Crippen molar-refractivity contribution in [1.82, 2.24) is 10.3 Å². The highest BCUT2D eigenvalue weighted by Crippen LogP contribution is 2.19. The first-order chi connectivity index (χ1) is 13.6. The highest BCUT2D eigenvalue weighted by molar-refractivity contribution is 7.07. The van der Waals surface area contributed by atoms with E-state index < -0.39 is 0 Å². The monoisotopic (exact) mass is 395 g/mol. The smallest absolute Gasteiger partial charge is 0.255 e. The number of amides is 1. The summed E-state index contributed by atoms with van der Waals surface area (Å²) >= 11 is 1.53. The number of carbonyl (C=O) groups excluding carboxylic acids is 1. The minimum absolute atomic E-state index is 0.114. The highest BCUT2D eigenvalue weighted by atomic mass is 32.1. The molecule has 0 aliphatic carbocycles. The lowest BCUT2D eigenvalue weighted by atomic mass is 10.1. The number of benzene rings is 2. The molecule has 0 saturated heterocycles. The van der Waals surface area contributed by atoms with Crippen molar-refractivity contribution in [2.45, 2.75) is 19.4 Å². The Morgan fingerprint density at radius 1 is 1.14 bits per heavy atom. The molecule has 0 bridgehead atoms. The average molecular weight is 396 g/mol. The Balaban J connectivity index is 1.48. The first-order valence-electron chi connectivity index (χ1n) is 9.27. The largest absolute Gasteiger partial charge is 0.486 e. The topological polar surface area (TPSA) is 54.5 Å². The van der Waals surface area contributed by atoms with Gasteiger partial charge in [0.05, 0.1) is 16.8 Å². The fraction of sp³-hybridized carbons (Fsp3) is 0.273. The summed E-state index contributed by atoms with van der Waals surface area (Å²) in [4.78, 5) is 18.8. The number of anilines is 1. The van der Waals surface area contributed by atoms with Crippen LogP contribution in [0.2, 0.25) is 0 Å². The Bertz CT molecular complexity index is 877. The lowest BCUT2D eigenvalue weighted by Crippen LogP contribution is -2.25. The van der Waals surface area contributed by atoms with E-state index in [1.54, 1.807) is 11.6 Å². The Hall–Kier alpha value is -2.86. The van der Waals surface area contributed by atoms with Crippen molar-refractivity contribution in [2.24, 2.45) is 0 Å². The number of rotatable bonds is 9. The van der Waals surface area contributed by atoms with Crippen LogP contribution in [0.1, 0.15) is 28.0 Å². The molecular weight excluding hydrogens is 370 g/mol. The molecule has 5 nitrogen and oxygen atoms in total. The molecule has 3 aromatic rings. The van der Waals surface area contributed by atoms with Crippen LogP contribution < -0.4 is 15.0 Å². The van der Waals surface area contributed by atoms with Crippen LogP contribution in [0.15, 0.2) is 59.4 Å². The number of aromatic nitrogens is 1. The van der Waals surface area contributed by atoms with Crippen LogP contribution >= 0.6 is 11.3 Å². The molecule has 0 atom stereocenters. The number of carbonyl (C=O) groups is 1. The SMILES string of the molecule is CN(C)c1ccc(CCCNC(=O)c2ccccc2OCc2cscn2)cc1. The van der Waals surface area contributed by atoms with E-state index in [2.05, 4.69) is 39.5 Å². The quantitative estimate of drug-likeness (QED) is 0.553. The van der Waals surface area contributed by atoms with Crippen molar-refractivity contribution < 1.29 is 9.53 Å². The number of hydrogen-bond donors (Lipinski definition) is 1.